The summed E-state index contributed by atoms with van der Waals surface area (Å²) in [5, 5.41) is 0. The second kappa shape index (κ2) is 6.23. The maximum Gasteiger partial charge on any atom is 0.00523 e. The average Bonchev–Trinajstić information content (AvgIpc) is 2.25. The molecule has 15 heavy (non-hydrogen) atoms. The molecule has 1 atom stereocenters. The molecule has 1 aromatic rings. The van der Waals surface area contributed by atoms with Gasteiger partial charge in [0.15, 0.2) is 0 Å². The van der Waals surface area contributed by atoms with Crippen molar-refractivity contribution < 1.29 is 0 Å². The van der Waals surface area contributed by atoms with Gasteiger partial charge >= 0.3 is 0 Å². The Labute approximate surface area is 93.3 Å². The van der Waals surface area contributed by atoms with Crippen molar-refractivity contribution in [2.45, 2.75) is 33.1 Å². The first kappa shape index (κ1) is 11.8. The first-order valence-corrected chi connectivity index (χ1v) is 5.58. The van der Waals surface area contributed by atoms with Crippen LogP contribution in [0, 0.1) is 6.92 Å². The van der Waals surface area contributed by atoms with Crippen molar-refractivity contribution in [3.8, 4) is 0 Å². The Hall–Kier alpha value is -1.30. The monoisotopic (exact) mass is 200 g/mol. The van der Waals surface area contributed by atoms with Crippen molar-refractivity contribution in [1.82, 2.24) is 0 Å². The zero-order chi connectivity index (χ0) is 11.1. The Morgan fingerprint density at radius 3 is 2.27 bits per heavy atom. The molecule has 0 bridgehead atoms. The Morgan fingerprint density at radius 2 is 1.73 bits per heavy atom. The largest absolute Gasteiger partial charge is 0.0916 e. The third kappa shape index (κ3) is 3.75. The Bertz CT molecular complexity index is 328. The second-order valence-corrected chi connectivity index (χ2v) is 3.85. The van der Waals surface area contributed by atoms with E-state index < -0.39 is 0 Å². The number of aryl methyl sites for hydroxylation is 1. The minimum Gasteiger partial charge on any atom is -0.0916 e. The van der Waals surface area contributed by atoms with E-state index in [-0.39, 0.29) is 0 Å². The van der Waals surface area contributed by atoms with Crippen LogP contribution >= 0.6 is 0 Å². The van der Waals surface area contributed by atoms with Gasteiger partial charge in [0.05, 0.1) is 0 Å². The molecule has 0 amide bonds. The molecule has 0 fully saturated rings. The Kier molecular flexibility index (Phi) is 4.89. The highest BCUT2D eigenvalue weighted by Gasteiger charge is 2.04. The highest BCUT2D eigenvalue weighted by atomic mass is 14.1. The van der Waals surface area contributed by atoms with Crippen LogP contribution < -0.4 is 0 Å². The molecule has 0 saturated carbocycles. The molecular weight excluding hydrogens is 180 g/mol. The lowest BCUT2D eigenvalue weighted by Gasteiger charge is -2.11. The number of hydrogen-bond donors (Lipinski definition) is 0. The van der Waals surface area contributed by atoms with Gasteiger partial charge in [-0.2, -0.15) is 0 Å². The van der Waals surface area contributed by atoms with Gasteiger partial charge in [0.1, 0.15) is 0 Å². The molecule has 0 spiro atoms. The van der Waals surface area contributed by atoms with E-state index in [2.05, 4.69) is 69.3 Å². The van der Waals surface area contributed by atoms with E-state index in [1.54, 1.807) is 0 Å². The van der Waals surface area contributed by atoms with Gasteiger partial charge in [-0.05, 0) is 32.8 Å². The third-order valence-corrected chi connectivity index (χ3v) is 2.56. The zero-order valence-corrected chi connectivity index (χ0v) is 9.90. The quantitative estimate of drug-likeness (QED) is 0.622. The van der Waals surface area contributed by atoms with Gasteiger partial charge in [-0.15, -0.1) is 0 Å². The van der Waals surface area contributed by atoms with Crippen LogP contribution in [-0.4, -0.2) is 0 Å². The predicted octanol–water partition coefficient (Wildman–Crippen LogP) is 4.62. The Morgan fingerprint density at radius 1 is 1.07 bits per heavy atom. The minimum atomic E-state index is 0.520. The van der Waals surface area contributed by atoms with Crippen LogP contribution in [-0.2, 0) is 0 Å². The molecular formula is C15H20. The fourth-order valence-corrected chi connectivity index (χ4v) is 1.65. The topological polar surface area (TPSA) is 0 Å². The molecule has 0 saturated heterocycles. The molecule has 0 radical (unpaired) electrons. The first-order chi connectivity index (χ1) is 7.27. The average molecular weight is 200 g/mol. The molecule has 1 aromatic carbocycles. The van der Waals surface area contributed by atoms with Crippen LogP contribution in [0.2, 0.25) is 0 Å². The smallest absolute Gasteiger partial charge is 0.00523 e. The summed E-state index contributed by atoms with van der Waals surface area (Å²) in [7, 11) is 0. The van der Waals surface area contributed by atoms with Gasteiger partial charge in [0, 0.05) is 5.92 Å². The highest BCUT2D eigenvalue weighted by Crippen LogP contribution is 2.22. The highest BCUT2D eigenvalue weighted by molar-refractivity contribution is 5.28. The van der Waals surface area contributed by atoms with E-state index in [0.717, 1.165) is 6.42 Å². The maximum absolute atomic E-state index is 2.27. The van der Waals surface area contributed by atoms with Crippen molar-refractivity contribution in [2.75, 3.05) is 0 Å². The molecule has 0 aliphatic rings. The maximum atomic E-state index is 2.27. The van der Waals surface area contributed by atoms with Gasteiger partial charge in [0.2, 0.25) is 0 Å². The molecule has 0 heterocycles. The van der Waals surface area contributed by atoms with Gasteiger partial charge in [-0.25, -0.2) is 0 Å². The van der Waals surface area contributed by atoms with Crippen LogP contribution in [0.25, 0.3) is 0 Å². The van der Waals surface area contributed by atoms with Crippen molar-refractivity contribution >= 4 is 0 Å². The van der Waals surface area contributed by atoms with Gasteiger partial charge in [0.25, 0.3) is 0 Å². The predicted molar refractivity (Wildman–Crippen MR) is 68.2 cm³/mol. The van der Waals surface area contributed by atoms with Crippen molar-refractivity contribution in [3.05, 3.63) is 59.7 Å². The molecule has 0 N–H and O–H groups in total. The fraction of sp³-hybridized carbons (Fsp3) is 0.333. The summed E-state index contributed by atoms with van der Waals surface area (Å²) in [5.74, 6) is 0.520. The number of rotatable bonds is 4. The summed E-state index contributed by atoms with van der Waals surface area (Å²) >= 11 is 0. The summed E-state index contributed by atoms with van der Waals surface area (Å²) in [6.45, 7) is 6.28. The molecule has 0 aromatic heterocycles. The van der Waals surface area contributed by atoms with Crippen LogP contribution in [0.5, 0.6) is 0 Å². The number of hydrogen-bond acceptors (Lipinski definition) is 0. The summed E-state index contributed by atoms with van der Waals surface area (Å²) in [6.07, 6.45) is 9.83. The molecule has 0 aliphatic carbocycles. The molecule has 80 valence electrons. The summed E-state index contributed by atoms with van der Waals surface area (Å²) in [5.41, 5.74) is 2.72. The molecule has 1 rings (SSSR count). The van der Waals surface area contributed by atoms with E-state index in [0.29, 0.717) is 5.92 Å². The van der Waals surface area contributed by atoms with E-state index in [1.165, 1.54) is 11.1 Å². The van der Waals surface area contributed by atoms with Crippen LogP contribution in [0.15, 0.2) is 48.6 Å². The lowest BCUT2D eigenvalue weighted by molar-refractivity contribution is 0.860. The lowest BCUT2D eigenvalue weighted by Crippen LogP contribution is -1.93. The SMILES string of the molecule is CC=CCC(C=CC)c1ccc(C)cc1. The number of benzene rings is 1. The molecule has 0 nitrogen and oxygen atoms in total. The summed E-state index contributed by atoms with van der Waals surface area (Å²) < 4.78 is 0. The Balaban J connectivity index is 2.83. The van der Waals surface area contributed by atoms with Gasteiger partial charge in [-0.1, -0.05) is 54.1 Å². The van der Waals surface area contributed by atoms with Crippen LogP contribution in [0.4, 0.5) is 0 Å². The van der Waals surface area contributed by atoms with Crippen molar-refractivity contribution in [3.63, 3.8) is 0 Å². The van der Waals surface area contributed by atoms with Gasteiger partial charge < -0.3 is 0 Å². The van der Waals surface area contributed by atoms with Crippen molar-refractivity contribution in [1.29, 1.82) is 0 Å². The van der Waals surface area contributed by atoms with E-state index in [1.807, 2.05) is 0 Å². The standard InChI is InChI=1S/C15H20/c1-4-6-8-14(7-5-2)15-11-9-13(3)10-12-15/h4-7,9-12,14H,8H2,1-3H3. The van der Waals surface area contributed by atoms with Crippen LogP contribution in [0.3, 0.4) is 0 Å². The minimum absolute atomic E-state index is 0.520. The van der Waals surface area contributed by atoms with E-state index >= 15 is 0 Å². The normalized spacial score (nSPS) is 13.8. The molecule has 0 heteroatoms. The zero-order valence-electron chi connectivity index (χ0n) is 9.90. The molecule has 0 aliphatic heterocycles. The first-order valence-electron chi connectivity index (χ1n) is 5.58. The summed E-state index contributed by atoms with van der Waals surface area (Å²) in [6, 6.07) is 8.82. The number of allylic oxidation sites excluding steroid dienone is 4. The fourth-order valence-electron chi connectivity index (χ4n) is 1.65. The van der Waals surface area contributed by atoms with E-state index in [9.17, 15) is 0 Å². The lowest BCUT2D eigenvalue weighted by atomic mass is 9.94. The van der Waals surface area contributed by atoms with E-state index in [4.69, 9.17) is 0 Å². The van der Waals surface area contributed by atoms with Crippen molar-refractivity contribution in [2.24, 2.45) is 0 Å². The van der Waals surface area contributed by atoms with Crippen LogP contribution in [0.1, 0.15) is 37.3 Å². The second-order valence-electron chi connectivity index (χ2n) is 3.85. The van der Waals surface area contributed by atoms with Gasteiger partial charge in [-0.3, -0.25) is 0 Å². The molecule has 1 unspecified atom stereocenters. The summed E-state index contributed by atoms with van der Waals surface area (Å²) in [4.78, 5) is 0. The third-order valence-electron chi connectivity index (χ3n) is 2.56.